The van der Waals surface area contributed by atoms with Crippen LogP contribution < -0.4 is 10.0 Å². The fraction of sp³-hybridized carbons (Fsp3) is 0.381. The summed E-state index contributed by atoms with van der Waals surface area (Å²) < 4.78 is 27.2. The molecule has 2 aromatic rings. The van der Waals surface area contributed by atoms with Crippen LogP contribution >= 0.6 is 0 Å². The molecule has 2 rings (SSSR count). The smallest absolute Gasteiger partial charge is 0.251 e. The van der Waals surface area contributed by atoms with Gasteiger partial charge in [0.25, 0.3) is 5.91 Å². The summed E-state index contributed by atoms with van der Waals surface area (Å²) >= 11 is 0. The van der Waals surface area contributed by atoms with Crippen LogP contribution in [0.3, 0.4) is 0 Å². The summed E-state index contributed by atoms with van der Waals surface area (Å²) in [6.07, 6.45) is 1.72. The highest BCUT2D eigenvalue weighted by Crippen LogP contribution is 2.14. The molecule has 0 aliphatic rings. The highest BCUT2D eigenvalue weighted by Gasteiger charge is 2.22. The van der Waals surface area contributed by atoms with Gasteiger partial charge in [-0.1, -0.05) is 30.3 Å². The first kappa shape index (κ1) is 21.1. The zero-order valence-electron chi connectivity index (χ0n) is 16.3. The van der Waals surface area contributed by atoms with E-state index in [1.165, 1.54) is 29.8 Å². The van der Waals surface area contributed by atoms with Gasteiger partial charge in [-0.15, -0.1) is 0 Å². The molecule has 0 saturated carbocycles. The average molecular weight is 389 g/mol. The first-order chi connectivity index (χ1) is 12.6. The lowest BCUT2D eigenvalue weighted by atomic mass is 10.1. The van der Waals surface area contributed by atoms with Crippen LogP contribution in [0.1, 0.15) is 50.0 Å². The maximum atomic E-state index is 12.4. The molecule has 2 aromatic carbocycles. The predicted octanol–water partition coefficient (Wildman–Crippen LogP) is 3.51. The Morgan fingerprint density at radius 2 is 1.59 bits per heavy atom. The second kappa shape index (κ2) is 8.67. The van der Waals surface area contributed by atoms with Crippen LogP contribution in [0.25, 0.3) is 0 Å². The lowest BCUT2D eigenvalue weighted by Crippen LogP contribution is -2.40. The monoisotopic (exact) mass is 388 g/mol. The van der Waals surface area contributed by atoms with Crippen molar-refractivity contribution in [2.75, 3.05) is 0 Å². The van der Waals surface area contributed by atoms with Crippen molar-refractivity contribution in [2.24, 2.45) is 0 Å². The predicted molar refractivity (Wildman–Crippen MR) is 108 cm³/mol. The van der Waals surface area contributed by atoms with E-state index in [4.69, 9.17) is 0 Å². The van der Waals surface area contributed by atoms with E-state index >= 15 is 0 Å². The zero-order chi connectivity index (χ0) is 20.1. The van der Waals surface area contributed by atoms with Gasteiger partial charge < -0.3 is 5.32 Å². The van der Waals surface area contributed by atoms with Crippen LogP contribution in [-0.2, 0) is 16.4 Å². The van der Waals surface area contributed by atoms with Crippen LogP contribution in [0.2, 0.25) is 0 Å². The second-order valence-electron chi connectivity index (χ2n) is 7.78. The standard InChI is InChI=1S/C21H28N2O3S/c1-16(10-11-17-8-6-5-7-9-17)22-20(24)18-12-14-19(15-13-18)27(25,26)23-21(2,3)4/h5-9,12-16,23H,10-11H2,1-4H3,(H,22,24). The molecule has 0 bridgehead atoms. The molecule has 146 valence electrons. The van der Waals surface area contributed by atoms with Crippen molar-refractivity contribution in [1.29, 1.82) is 0 Å². The number of amides is 1. The highest BCUT2D eigenvalue weighted by molar-refractivity contribution is 7.89. The van der Waals surface area contributed by atoms with Gasteiger partial charge in [0, 0.05) is 17.1 Å². The fourth-order valence-electron chi connectivity index (χ4n) is 2.65. The molecule has 5 nitrogen and oxygen atoms in total. The van der Waals surface area contributed by atoms with Crippen molar-refractivity contribution in [3.05, 3.63) is 65.7 Å². The fourth-order valence-corrected chi connectivity index (χ4v) is 4.07. The van der Waals surface area contributed by atoms with Gasteiger partial charge in [-0.3, -0.25) is 4.79 Å². The van der Waals surface area contributed by atoms with Crippen LogP contribution in [-0.4, -0.2) is 25.9 Å². The minimum Gasteiger partial charge on any atom is -0.350 e. The van der Waals surface area contributed by atoms with Crippen molar-refractivity contribution in [3.63, 3.8) is 0 Å². The third kappa shape index (κ3) is 6.81. The van der Waals surface area contributed by atoms with E-state index in [-0.39, 0.29) is 16.8 Å². The van der Waals surface area contributed by atoms with E-state index in [9.17, 15) is 13.2 Å². The van der Waals surface area contributed by atoms with Gasteiger partial charge in [-0.25, -0.2) is 13.1 Å². The Balaban J connectivity index is 1.95. The summed E-state index contributed by atoms with van der Waals surface area (Å²) in [5.41, 5.74) is 1.11. The largest absolute Gasteiger partial charge is 0.350 e. The molecular formula is C21H28N2O3S. The van der Waals surface area contributed by atoms with Gasteiger partial charge in [0.2, 0.25) is 10.0 Å². The maximum Gasteiger partial charge on any atom is 0.251 e. The molecule has 6 heteroatoms. The van der Waals surface area contributed by atoms with Crippen molar-refractivity contribution in [2.45, 2.75) is 57.0 Å². The minimum absolute atomic E-state index is 0.0173. The quantitative estimate of drug-likeness (QED) is 0.762. The van der Waals surface area contributed by atoms with Gasteiger partial charge in [-0.2, -0.15) is 0 Å². The zero-order valence-corrected chi connectivity index (χ0v) is 17.1. The lowest BCUT2D eigenvalue weighted by molar-refractivity contribution is 0.0938. The lowest BCUT2D eigenvalue weighted by Gasteiger charge is -2.20. The molecule has 1 amide bonds. The van der Waals surface area contributed by atoms with Crippen LogP contribution in [0, 0.1) is 0 Å². The van der Waals surface area contributed by atoms with Gasteiger partial charge in [0.1, 0.15) is 0 Å². The first-order valence-corrected chi connectivity index (χ1v) is 10.5. The summed E-state index contributed by atoms with van der Waals surface area (Å²) in [4.78, 5) is 12.5. The van der Waals surface area contributed by atoms with E-state index in [2.05, 4.69) is 22.2 Å². The Kier molecular flexibility index (Phi) is 6.78. The van der Waals surface area contributed by atoms with E-state index in [1.54, 1.807) is 20.8 Å². The number of rotatable bonds is 7. The van der Waals surface area contributed by atoms with E-state index in [1.807, 2.05) is 25.1 Å². The number of nitrogens with one attached hydrogen (secondary N) is 2. The van der Waals surface area contributed by atoms with Crippen molar-refractivity contribution < 1.29 is 13.2 Å². The molecule has 0 fully saturated rings. The molecule has 0 aliphatic heterocycles. The second-order valence-corrected chi connectivity index (χ2v) is 9.46. The summed E-state index contributed by atoms with van der Waals surface area (Å²) in [7, 11) is -3.60. The Hall–Kier alpha value is -2.18. The van der Waals surface area contributed by atoms with E-state index in [0.29, 0.717) is 5.56 Å². The van der Waals surface area contributed by atoms with Crippen LogP contribution in [0.4, 0.5) is 0 Å². The number of carbonyl (C=O) groups is 1. The summed E-state index contributed by atoms with van der Waals surface area (Å²) in [5, 5.41) is 2.96. The molecule has 0 heterocycles. The topological polar surface area (TPSA) is 75.3 Å². The summed E-state index contributed by atoms with van der Waals surface area (Å²) in [6, 6.07) is 16.1. The number of hydrogen-bond donors (Lipinski definition) is 2. The molecular weight excluding hydrogens is 360 g/mol. The van der Waals surface area contributed by atoms with Crippen molar-refractivity contribution in [3.8, 4) is 0 Å². The normalized spacial score (nSPS) is 13.2. The van der Waals surface area contributed by atoms with Gasteiger partial charge in [0.05, 0.1) is 4.90 Å². The van der Waals surface area contributed by atoms with Crippen molar-refractivity contribution >= 4 is 15.9 Å². The van der Waals surface area contributed by atoms with Crippen LogP contribution in [0.5, 0.6) is 0 Å². The van der Waals surface area contributed by atoms with Gasteiger partial charge in [0.15, 0.2) is 0 Å². The maximum absolute atomic E-state index is 12.4. The Labute approximate surface area is 162 Å². The van der Waals surface area contributed by atoms with Crippen LogP contribution in [0.15, 0.2) is 59.5 Å². The van der Waals surface area contributed by atoms with Crippen molar-refractivity contribution in [1.82, 2.24) is 10.0 Å². The van der Waals surface area contributed by atoms with E-state index < -0.39 is 15.6 Å². The molecule has 0 aliphatic carbocycles. The third-order valence-electron chi connectivity index (χ3n) is 3.95. The Bertz CT molecular complexity index is 855. The molecule has 0 radical (unpaired) electrons. The van der Waals surface area contributed by atoms with Gasteiger partial charge >= 0.3 is 0 Å². The van der Waals surface area contributed by atoms with E-state index in [0.717, 1.165) is 12.8 Å². The molecule has 1 unspecified atom stereocenters. The number of hydrogen-bond acceptors (Lipinski definition) is 3. The molecule has 0 aromatic heterocycles. The number of sulfonamides is 1. The SMILES string of the molecule is CC(CCc1ccccc1)NC(=O)c1ccc(S(=O)(=O)NC(C)(C)C)cc1. The third-order valence-corrected chi connectivity index (χ3v) is 5.73. The number of aryl methyl sites for hydroxylation is 1. The summed E-state index contributed by atoms with van der Waals surface area (Å²) in [6.45, 7) is 7.31. The minimum atomic E-state index is -3.60. The Morgan fingerprint density at radius 1 is 1.00 bits per heavy atom. The molecule has 0 spiro atoms. The molecule has 2 N–H and O–H groups in total. The molecule has 1 atom stereocenters. The molecule has 0 saturated heterocycles. The van der Waals surface area contributed by atoms with Gasteiger partial charge in [-0.05, 0) is 70.4 Å². The Morgan fingerprint density at radius 3 is 2.15 bits per heavy atom. The summed E-state index contributed by atoms with van der Waals surface area (Å²) in [5.74, 6) is -0.205. The first-order valence-electron chi connectivity index (χ1n) is 9.06. The number of benzene rings is 2. The highest BCUT2D eigenvalue weighted by atomic mass is 32.2. The molecule has 27 heavy (non-hydrogen) atoms. The number of carbonyl (C=O) groups excluding carboxylic acids is 1. The average Bonchev–Trinajstić information content (AvgIpc) is 2.59.